The van der Waals surface area contributed by atoms with Crippen LogP contribution in [0.3, 0.4) is 0 Å². The van der Waals surface area contributed by atoms with Gasteiger partial charge in [0.1, 0.15) is 11.6 Å². The summed E-state index contributed by atoms with van der Waals surface area (Å²) in [6.07, 6.45) is 3.58. The van der Waals surface area contributed by atoms with Crippen molar-refractivity contribution < 1.29 is 18.0 Å². The van der Waals surface area contributed by atoms with Crippen molar-refractivity contribution in [2.24, 2.45) is 0 Å². The summed E-state index contributed by atoms with van der Waals surface area (Å²) < 4.78 is 25.9. The van der Waals surface area contributed by atoms with Crippen LogP contribution in [0.25, 0.3) is 23.0 Å². The van der Waals surface area contributed by atoms with Crippen LogP contribution in [0.5, 0.6) is 0 Å². The largest absolute Gasteiger partial charge is 0.271 e. The van der Waals surface area contributed by atoms with E-state index >= 15 is 0 Å². The van der Waals surface area contributed by atoms with E-state index in [0.717, 1.165) is 16.2 Å². The fraction of sp³-hybridized carbons (Fsp3) is 0.185. The minimum atomic E-state index is -3.35. The van der Waals surface area contributed by atoms with E-state index in [2.05, 4.69) is 0 Å². The van der Waals surface area contributed by atoms with Gasteiger partial charge in [-0.3, -0.25) is 14.5 Å². The number of aromatic nitrogens is 2. The Morgan fingerprint density at radius 2 is 1.69 bits per heavy atom. The Morgan fingerprint density at radius 3 is 2.31 bits per heavy atom. The normalized spacial score (nSPS) is 20.7. The summed E-state index contributed by atoms with van der Waals surface area (Å²) in [4.78, 5) is 27.6. The van der Waals surface area contributed by atoms with Gasteiger partial charge >= 0.3 is 0 Å². The summed E-state index contributed by atoms with van der Waals surface area (Å²) in [6, 6.07) is 20.1. The van der Waals surface area contributed by atoms with E-state index in [0.29, 0.717) is 11.3 Å². The van der Waals surface area contributed by atoms with Gasteiger partial charge in [0.25, 0.3) is 11.8 Å². The number of sulfone groups is 1. The number of benzene rings is 2. The molecule has 1 aromatic heterocycles. The molecule has 0 N–H and O–H groups in total. The average molecular weight is 499 g/mol. The maximum atomic E-state index is 13.6. The summed E-state index contributed by atoms with van der Waals surface area (Å²) in [6.45, 7) is 1.56. The number of rotatable bonds is 4. The molecule has 2 aromatic carbocycles. The van der Waals surface area contributed by atoms with E-state index < -0.39 is 27.7 Å². The molecule has 1 atom stereocenters. The van der Waals surface area contributed by atoms with Gasteiger partial charge in [-0.15, -0.1) is 0 Å². The second-order valence-electron chi connectivity index (χ2n) is 8.79. The first-order valence-corrected chi connectivity index (χ1v) is 13.2. The zero-order chi connectivity index (χ0) is 25.4. The first-order valence-electron chi connectivity index (χ1n) is 11.4. The Labute approximate surface area is 208 Å². The number of imide groups is 1. The van der Waals surface area contributed by atoms with Crippen LogP contribution in [0.4, 0.5) is 0 Å². The molecule has 1 unspecified atom stereocenters. The number of carbonyl (C=O) groups is 2. The zero-order valence-corrected chi connectivity index (χ0v) is 20.3. The molecular formula is C27H22N4O4S. The molecule has 0 saturated carbocycles. The van der Waals surface area contributed by atoms with Crippen molar-refractivity contribution in [3.8, 4) is 23.0 Å². The third kappa shape index (κ3) is 4.16. The molecule has 3 aromatic rings. The summed E-state index contributed by atoms with van der Waals surface area (Å²) in [5, 5.41) is 14.5. The minimum Gasteiger partial charge on any atom is -0.270 e. The van der Waals surface area contributed by atoms with Gasteiger partial charge < -0.3 is 0 Å². The second-order valence-corrected chi connectivity index (χ2v) is 11.0. The van der Waals surface area contributed by atoms with Gasteiger partial charge in [0.15, 0.2) is 9.84 Å². The highest BCUT2D eigenvalue weighted by molar-refractivity contribution is 7.91. The molecule has 2 aliphatic heterocycles. The topological polar surface area (TPSA) is 113 Å². The molecule has 2 aliphatic rings. The Bertz CT molecular complexity index is 1580. The van der Waals surface area contributed by atoms with Gasteiger partial charge in [-0.1, -0.05) is 48.5 Å². The summed E-state index contributed by atoms with van der Waals surface area (Å²) in [5.74, 6) is -1.75. The van der Waals surface area contributed by atoms with Crippen LogP contribution in [0.2, 0.25) is 0 Å². The molecule has 8 nitrogen and oxygen atoms in total. The van der Waals surface area contributed by atoms with Crippen molar-refractivity contribution in [2.75, 3.05) is 11.5 Å². The number of amides is 2. The molecule has 3 heterocycles. The second kappa shape index (κ2) is 9.06. The van der Waals surface area contributed by atoms with E-state index in [9.17, 15) is 23.3 Å². The quantitative estimate of drug-likeness (QED) is 0.403. The number of para-hydroxylation sites is 1. The SMILES string of the molecule is CC1=C(C#N)C(=O)N(C2CCS(=O)(=O)C2)C(=O)/C1=C/c1cn(-c2ccccc2)nc1-c1ccccc1. The van der Waals surface area contributed by atoms with Crippen LogP contribution >= 0.6 is 0 Å². The van der Waals surface area contributed by atoms with Crippen molar-refractivity contribution >= 4 is 27.7 Å². The molecule has 0 spiro atoms. The first kappa shape index (κ1) is 23.5. The fourth-order valence-corrected chi connectivity index (χ4v) is 6.29. The lowest BCUT2D eigenvalue weighted by Gasteiger charge is -2.31. The molecule has 5 rings (SSSR count). The fourth-order valence-electron chi connectivity index (χ4n) is 4.59. The highest BCUT2D eigenvalue weighted by Gasteiger charge is 2.43. The standard InChI is InChI=1S/C27H22N4O4S/c1-18-23(26(32)31(27(33)24(18)15-28)22-12-13-36(34,35)17-22)14-20-16-30(21-10-6-3-7-11-21)29-25(20)19-8-4-2-5-9-19/h2-11,14,16,22H,12-13,17H2,1H3/b23-14+. The van der Waals surface area contributed by atoms with Gasteiger partial charge in [-0.25, -0.2) is 13.1 Å². The third-order valence-corrected chi connectivity index (χ3v) is 8.21. The van der Waals surface area contributed by atoms with Crippen molar-refractivity contribution in [3.05, 3.63) is 89.1 Å². The number of carbonyl (C=O) groups excluding carboxylic acids is 2. The molecule has 0 bridgehead atoms. The predicted molar refractivity (Wildman–Crippen MR) is 134 cm³/mol. The predicted octanol–water partition coefficient (Wildman–Crippen LogP) is 3.32. The molecular weight excluding hydrogens is 476 g/mol. The third-order valence-electron chi connectivity index (χ3n) is 6.46. The average Bonchev–Trinajstić information content (AvgIpc) is 3.46. The highest BCUT2D eigenvalue weighted by Crippen LogP contribution is 2.33. The monoisotopic (exact) mass is 498 g/mol. The molecule has 0 radical (unpaired) electrons. The molecule has 1 saturated heterocycles. The molecule has 1 fully saturated rings. The van der Waals surface area contributed by atoms with Crippen molar-refractivity contribution in [1.29, 1.82) is 5.26 Å². The van der Waals surface area contributed by atoms with E-state index in [1.54, 1.807) is 23.9 Å². The number of hydrogen-bond donors (Lipinski definition) is 0. The van der Waals surface area contributed by atoms with Crippen molar-refractivity contribution in [3.63, 3.8) is 0 Å². The van der Waals surface area contributed by atoms with Crippen LogP contribution in [0.1, 0.15) is 18.9 Å². The lowest BCUT2D eigenvalue weighted by Crippen LogP contribution is -2.49. The number of hydrogen-bond acceptors (Lipinski definition) is 6. The summed E-state index contributed by atoms with van der Waals surface area (Å²) >= 11 is 0. The van der Waals surface area contributed by atoms with Gasteiger partial charge in [-0.2, -0.15) is 10.4 Å². The maximum absolute atomic E-state index is 13.6. The Kier molecular flexibility index (Phi) is 5.90. The van der Waals surface area contributed by atoms with Crippen molar-refractivity contribution in [2.45, 2.75) is 19.4 Å². The highest BCUT2D eigenvalue weighted by atomic mass is 32.2. The van der Waals surface area contributed by atoms with Gasteiger partial charge in [-0.05, 0) is 37.1 Å². The minimum absolute atomic E-state index is 0.0969. The van der Waals surface area contributed by atoms with Crippen LogP contribution in [-0.4, -0.2) is 52.5 Å². The zero-order valence-electron chi connectivity index (χ0n) is 19.5. The van der Waals surface area contributed by atoms with Crippen LogP contribution < -0.4 is 0 Å². The molecule has 36 heavy (non-hydrogen) atoms. The lowest BCUT2D eigenvalue weighted by molar-refractivity contribution is -0.142. The summed E-state index contributed by atoms with van der Waals surface area (Å²) in [7, 11) is -3.35. The maximum Gasteiger partial charge on any atom is 0.271 e. The first-order chi connectivity index (χ1) is 17.3. The Hall–Kier alpha value is -4.29. The molecule has 0 aliphatic carbocycles. The lowest BCUT2D eigenvalue weighted by atomic mass is 9.92. The van der Waals surface area contributed by atoms with Gasteiger partial charge in [0.2, 0.25) is 0 Å². The number of nitrogens with zero attached hydrogens (tertiary/aromatic N) is 4. The Morgan fingerprint density at radius 1 is 1.03 bits per heavy atom. The molecule has 2 amide bonds. The summed E-state index contributed by atoms with van der Waals surface area (Å²) in [5.41, 5.74) is 3.17. The van der Waals surface area contributed by atoms with Crippen LogP contribution in [0.15, 0.2) is 83.6 Å². The number of nitriles is 1. The smallest absolute Gasteiger partial charge is 0.270 e. The van der Waals surface area contributed by atoms with E-state index in [-0.39, 0.29) is 34.6 Å². The molecule has 180 valence electrons. The van der Waals surface area contributed by atoms with Crippen molar-refractivity contribution in [1.82, 2.24) is 14.7 Å². The van der Waals surface area contributed by atoms with Crippen LogP contribution in [-0.2, 0) is 19.4 Å². The van der Waals surface area contributed by atoms with Gasteiger partial charge in [0.05, 0.1) is 28.9 Å². The van der Waals surface area contributed by atoms with Crippen LogP contribution in [0, 0.1) is 11.3 Å². The van der Waals surface area contributed by atoms with E-state index in [1.165, 1.54) is 0 Å². The Balaban J connectivity index is 1.67. The van der Waals surface area contributed by atoms with E-state index in [1.807, 2.05) is 66.7 Å². The molecule has 9 heteroatoms. The van der Waals surface area contributed by atoms with Gasteiger partial charge in [0, 0.05) is 22.9 Å². The van der Waals surface area contributed by atoms with E-state index in [4.69, 9.17) is 5.10 Å².